The van der Waals surface area contributed by atoms with Crippen molar-refractivity contribution in [2.45, 2.75) is 38.6 Å². The molecule has 3 atom stereocenters. The number of rotatable bonds is 2. The summed E-state index contributed by atoms with van der Waals surface area (Å²) in [4.78, 5) is 12.5. The normalized spacial score (nSPS) is 29.8. The van der Waals surface area contributed by atoms with Gasteiger partial charge in [-0.25, -0.2) is 0 Å². The van der Waals surface area contributed by atoms with Crippen LogP contribution in [0.1, 0.15) is 32.4 Å². The molecule has 1 aromatic carbocycles. The van der Waals surface area contributed by atoms with E-state index in [-0.39, 0.29) is 18.1 Å². The SMILES string of the molecule is CC(C)OC(=O)C1C2NC(=S)N[C@@]1(C)Oc1ccccc12. The van der Waals surface area contributed by atoms with Gasteiger partial charge >= 0.3 is 5.97 Å². The van der Waals surface area contributed by atoms with Gasteiger partial charge in [0.15, 0.2) is 10.8 Å². The number of thiocarbonyl (C=S) groups is 1. The van der Waals surface area contributed by atoms with Gasteiger partial charge in [0.25, 0.3) is 0 Å². The average molecular weight is 306 g/mol. The summed E-state index contributed by atoms with van der Waals surface area (Å²) in [6, 6.07) is 7.41. The van der Waals surface area contributed by atoms with Crippen LogP contribution in [0.5, 0.6) is 5.75 Å². The molecule has 2 aliphatic heterocycles. The Labute approximate surface area is 129 Å². The molecule has 2 N–H and O–H groups in total. The fourth-order valence-corrected chi connectivity index (χ4v) is 3.28. The summed E-state index contributed by atoms with van der Waals surface area (Å²) in [5, 5.41) is 6.72. The molecule has 1 aromatic rings. The number of benzene rings is 1. The van der Waals surface area contributed by atoms with Crippen LogP contribution in [0.15, 0.2) is 24.3 Å². The van der Waals surface area contributed by atoms with Crippen molar-refractivity contribution in [3.8, 4) is 5.75 Å². The zero-order valence-corrected chi connectivity index (χ0v) is 13.0. The maximum Gasteiger partial charge on any atom is 0.317 e. The third-order valence-electron chi connectivity index (χ3n) is 3.76. The average Bonchev–Trinajstić information content (AvgIpc) is 2.35. The van der Waals surface area contributed by atoms with E-state index < -0.39 is 11.6 Å². The summed E-state index contributed by atoms with van der Waals surface area (Å²) in [7, 11) is 0. The standard InChI is InChI=1S/C15H18N2O3S/c1-8(2)19-13(18)11-12-9-6-4-5-7-10(9)20-15(11,3)17-14(21)16-12/h4-8,11-12H,1-3H3,(H2,16,17,21)/t11?,12?,15-/m0/s1. The quantitative estimate of drug-likeness (QED) is 0.643. The van der Waals surface area contributed by atoms with Gasteiger partial charge in [-0.3, -0.25) is 4.79 Å². The van der Waals surface area contributed by atoms with E-state index in [1.54, 1.807) is 0 Å². The molecule has 2 heterocycles. The Morgan fingerprint density at radius 2 is 2.14 bits per heavy atom. The molecular formula is C15H18N2O3S. The molecule has 5 nitrogen and oxygen atoms in total. The van der Waals surface area contributed by atoms with Crippen molar-refractivity contribution in [1.82, 2.24) is 10.6 Å². The van der Waals surface area contributed by atoms with E-state index in [2.05, 4.69) is 10.6 Å². The summed E-state index contributed by atoms with van der Waals surface area (Å²) in [6.45, 7) is 5.49. The minimum absolute atomic E-state index is 0.175. The second-order valence-electron chi connectivity index (χ2n) is 5.79. The van der Waals surface area contributed by atoms with Gasteiger partial charge in [-0.1, -0.05) is 18.2 Å². The van der Waals surface area contributed by atoms with E-state index in [0.29, 0.717) is 5.11 Å². The number of hydrogen-bond acceptors (Lipinski definition) is 4. The summed E-state index contributed by atoms with van der Waals surface area (Å²) in [6.07, 6.45) is -0.175. The van der Waals surface area contributed by atoms with Gasteiger partial charge < -0.3 is 20.1 Å². The van der Waals surface area contributed by atoms with E-state index in [1.165, 1.54) is 0 Å². The number of carbonyl (C=O) groups excluding carboxylic acids is 1. The van der Waals surface area contributed by atoms with Crippen LogP contribution in [0, 0.1) is 5.92 Å². The monoisotopic (exact) mass is 306 g/mol. The van der Waals surface area contributed by atoms with Gasteiger partial charge in [0, 0.05) is 5.56 Å². The Hall–Kier alpha value is -1.82. The molecule has 0 aromatic heterocycles. The van der Waals surface area contributed by atoms with Crippen LogP contribution in [0.25, 0.3) is 0 Å². The Balaban J connectivity index is 2.05. The molecule has 112 valence electrons. The summed E-state index contributed by atoms with van der Waals surface area (Å²) >= 11 is 5.23. The summed E-state index contributed by atoms with van der Waals surface area (Å²) in [5.41, 5.74) is 0.0115. The van der Waals surface area contributed by atoms with Crippen LogP contribution >= 0.6 is 12.2 Å². The molecule has 0 amide bonds. The van der Waals surface area contributed by atoms with E-state index in [9.17, 15) is 4.79 Å². The number of para-hydroxylation sites is 1. The highest BCUT2D eigenvalue weighted by molar-refractivity contribution is 7.80. The van der Waals surface area contributed by atoms with E-state index >= 15 is 0 Å². The molecule has 1 saturated heterocycles. The zero-order chi connectivity index (χ0) is 15.2. The van der Waals surface area contributed by atoms with Gasteiger partial charge in [-0.2, -0.15) is 0 Å². The van der Waals surface area contributed by atoms with Crippen molar-refractivity contribution in [3.05, 3.63) is 29.8 Å². The lowest BCUT2D eigenvalue weighted by atomic mass is 9.80. The predicted molar refractivity (Wildman–Crippen MR) is 81.8 cm³/mol. The Morgan fingerprint density at radius 3 is 2.86 bits per heavy atom. The van der Waals surface area contributed by atoms with Crippen LogP contribution in [0.2, 0.25) is 0 Å². The van der Waals surface area contributed by atoms with Crippen molar-refractivity contribution in [2.24, 2.45) is 5.92 Å². The Bertz CT molecular complexity index is 604. The maximum atomic E-state index is 12.5. The lowest BCUT2D eigenvalue weighted by Gasteiger charge is -2.50. The van der Waals surface area contributed by atoms with Crippen molar-refractivity contribution >= 4 is 23.3 Å². The first-order chi connectivity index (χ1) is 9.90. The second-order valence-corrected chi connectivity index (χ2v) is 6.19. The molecule has 0 radical (unpaired) electrons. The first-order valence-electron chi connectivity index (χ1n) is 6.98. The van der Waals surface area contributed by atoms with Gasteiger partial charge in [-0.05, 0) is 39.1 Å². The molecule has 3 rings (SSSR count). The van der Waals surface area contributed by atoms with Crippen LogP contribution in [-0.4, -0.2) is 22.9 Å². The highest BCUT2D eigenvalue weighted by atomic mass is 32.1. The van der Waals surface area contributed by atoms with Crippen molar-refractivity contribution < 1.29 is 14.3 Å². The van der Waals surface area contributed by atoms with Crippen LogP contribution < -0.4 is 15.4 Å². The van der Waals surface area contributed by atoms with Crippen LogP contribution in [-0.2, 0) is 9.53 Å². The fraction of sp³-hybridized carbons (Fsp3) is 0.467. The molecule has 0 aliphatic carbocycles. The predicted octanol–water partition coefficient (Wildman–Crippen LogP) is 1.88. The number of esters is 1. The van der Waals surface area contributed by atoms with E-state index in [1.807, 2.05) is 45.0 Å². The lowest BCUT2D eigenvalue weighted by molar-refractivity contribution is -0.166. The second kappa shape index (κ2) is 4.87. The topological polar surface area (TPSA) is 59.6 Å². The minimum atomic E-state index is -0.909. The third-order valence-corrected chi connectivity index (χ3v) is 3.98. The molecule has 2 unspecified atom stereocenters. The van der Waals surface area contributed by atoms with Crippen LogP contribution in [0.4, 0.5) is 0 Å². The zero-order valence-electron chi connectivity index (χ0n) is 12.2. The molecule has 21 heavy (non-hydrogen) atoms. The number of hydrogen-bond donors (Lipinski definition) is 2. The van der Waals surface area contributed by atoms with Crippen molar-refractivity contribution in [2.75, 3.05) is 0 Å². The van der Waals surface area contributed by atoms with Crippen LogP contribution in [0.3, 0.4) is 0 Å². The number of carbonyl (C=O) groups is 1. The number of ether oxygens (including phenoxy) is 2. The highest BCUT2D eigenvalue weighted by Gasteiger charge is 2.55. The van der Waals surface area contributed by atoms with Crippen molar-refractivity contribution in [3.63, 3.8) is 0 Å². The van der Waals surface area contributed by atoms with Gasteiger partial charge in [0.1, 0.15) is 11.7 Å². The maximum absolute atomic E-state index is 12.5. The van der Waals surface area contributed by atoms with Gasteiger partial charge in [-0.15, -0.1) is 0 Å². The Morgan fingerprint density at radius 1 is 1.43 bits per heavy atom. The molecule has 2 aliphatic rings. The molecule has 2 bridgehead atoms. The number of nitrogens with one attached hydrogen (secondary N) is 2. The summed E-state index contributed by atoms with van der Waals surface area (Å²) in [5.74, 6) is -0.0582. The molecular weight excluding hydrogens is 288 g/mol. The molecule has 0 spiro atoms. The van der Waals surface area contributed by atoms with E-state index in [0.717, 1.165) is 11.3 Å². The molecule has 0 saturated carbocycles. The molecule has 1 fully saturated rings. The van der Waals surface area contributed by atoms with Crippen molar-refractivity contribution in [1.29, 1.82) is 0 Å². The molecule has 6 heteroatoms. The smallest absolute Gasteiger partial charge is 0.317 e. The highest BCUT2D eigenvalue weighted by Crippen LogP contribution is 2.45. The lowest BCUT2D eigenvalue weighted by Crippen LogP contribution is -2.70. The van der Waals surface area contributed by atoms with E-state index in [4.69, 9.17) is 21.7 Å². The Kier molecular flexibility index (Phi) is 3.28. The first-order valence-corrected chi connectivity index (χ1v) is 7.38. The largest absolute Gasteiger partial charge is 0.467 e. The third kappa shape index (κ3) is 2.33. The number of fused-ring (bicyclic) bond motifs is 4. The van der Waals surface area contributed by atoms with Gasteiger partial charge in [0.2, 0.25) is 0 Å². The first kappa shape index (κ1) is 14.1. The fourth-order valence-electron chi connectivity index (χ4n) is 2.95. The minimum Gasteiger partial charge on any atom is -0.467 e. The van der Waals surface area contributed by atoms with Gasteiger partial charge in [0.05, 0.1) is 12.1 Å². The summed E-state index contributed by atoms with van der Waals surface area (Å²) < 4.78 is 11.4.